The molecule has 2 aromatic heterocycles. The van der Waals surface area contributed by atoms with Crippen molar-refractivity contribution in [3.63, 3.8) is 0 Å². The molecule has 1 unspecified atom stereocenters. The Morgan fingerprint density at radius 2 is 2.11 bits per heavy atom. The SMILES string of the molecule is CNC(c1ncccc1OC)c1c(C)nn(C)c1C. The summed E-state index contributed by atoms with van der Waals surface area (Å²) in [6.07, 6.45) is 1.78. The van der Waals surface area contributed by atoms with Gasteiger partial charge in [0.15, 0.2) is 0 Å². The van der Waals surface area contributed by atoms with E-state index in [9.17, 15) is 0 Å². The van der Waals surface area contributed by atoms with E-state index in [1.807, 2.05) is 37.8 Å². The fourth-order valence-corrected chi connectivity index (χ4v) is 2.42. The fourth-order valence-electron chi connectivity index (χ4n) is 2.42. The van der Waals surface area contributed by atoms with Crippen LogP contribution in [0.1, 0.15) is 28.7 Å². The third kappa shape index (κ3) is 2.33. The number of nitrogens with zero attached hydrogens (tertiary/aromatic N) is 3. The van der Waals surface area contributed by atoms with Crippen molar-refractivity contribution in [1.29, 1.82) is 0 Å². The number of pyridine rings is 1. The lowest BCUT2D eigenvalue weighted by atomic mass is 10.0. The van der Waals surface area contributed by atoms with E-state index >= 15 is 0 Å². The molecule has 0 radical (unpaired) electrons. The van der Waals surface area contributed by atoms with Crippen molar-refractivity contribution in [2.45, 2.75) is 19.9 Å². The summed E-state index contributed by atoms with van der Waals surface area (Å²) < 4.78 is 7.30. The summed E-state index contributed by atoms with van der Waals surface area (Å²) in [5.74, 6) is 0.782. The van der Waals surface area contributed by atoms with Gasteiger partial charge in [0.25, 0.3) is 0 Å². The quantitative estimate of drug-likeness (QED) is 0.910. The molecule has 0 fully saturated rings. The Balaban J connectivity index is 2.56. The summed E-state index contributed by atoms with van der Waals surface area (Å²) >= 11 is 0. The number of rotatable bonds is 4. The van der Waals surface area contributed by atoms with Crippen molar-refractivity contribution in [1.82, 2.24) is 20.1 Å². The molecule has 2 rings (SSSR count). The molecule has 0 spiro atoms. The fraction of sp³-hybridized carbons (Fsp3) is 0.429. The second-order valence-corrected chi connectivity index (χ2v) is 4.52. The molecule has 0 saturated carbocycles. The molecular weight excluding hydrogens is 240 g/mol. The minimum absolute atomic E-state index is 0.0233. The lowest BCUT2D eigenvalue weighted by molar-refractivity contribution is 0.401. The van der Waals surface area contributed by atoms with Crippen LogP contribution in [0.3, 0.4) is 0 Å². The van der Waals surface area contributed by atoms with Crippen LogP contribution in [0.2, 0.25) is 0 Å². The highest BCUT2D eigenvalue weighted by Crippen LogP contribution is 2.31. The first-order valence-electron chi connectivity index (χ1n) is 6.26. The second kappa shape index (κ2) is 5.40. The molecule has 19 heavy (non-hydrogen) atoms. The molecule has 2 aromatic rings. The number of ether oxygens (including phenoxy) is 1. The number of hydrogen-bond acceptors (Lipinski definition) is 4. The maximum Gasteiger partial charge on any atom is 0.142 e. The molecule has 0 aromatic carbocycles. The summed E-state index contributed by atoms with van der Waals surface area (Å²) in [6.45, 7) is 4.08. The van der Waals surface area contributed by atoms with Gasteiger partial charge in [-0.25, -0.2) is 0 Å². The van der Waals surface area contributed by atoms with E-state index in [-0.39, 0.29) is 6.04 Å². The van der Waals surface area contributed by atoms with Crippen molar-refractivity contribution in [2.24, 2.45) is 7.05 Å². The van der Waals surface area contributed by atoms with Crippen LogP contribution in [0.5, 0.6) is 5.75 Å². The Labute approximate surface area is 113 Å². The minimum Gasteiger partial charge on any atom is -0.495 e. The Bertz CT molecular complexity index is 577. The standard InChI is InChI=1S/C14H20N4O/c1-9-12(10(2)18(4)17-9)14(15-3)13-11(19-5)7-6-8-16-13/h6-8,14-15H,1-5H3. The summed E-state index contributed by atoms with van der Waals surface area (Å²) in [7, 11) is 5.54. The van der Waals surface area contributed by atoms with Crippen LogP contribution in [-0.4, -0.2) is 28.9 Å². The van der Waals surface area contributed by atoms with Crippen molar-refractivity contribution in [3.05, 3.63) is 41.0 Å². The Kier molecular flexibility index (Phi) is 3.85. The molecule has 0 saturated heterocycles. The van der Waals surface area contributed by atoms with Crippen LogP contribution in [0.25, 0.3) is 0 Å². The van der Waals surface area contributed by atoms with Gasteiger partial charge in [-0.1, -0.05) is 0 Å². The van der Waals surface area contributed by atoms with E-state index < -0.39 is 0 Å². The maximum absolute atomic E-state index is 5.41. The van der Waals surface area contributed by atoms with E-state index in [1.165, 1.54) is 0 Å². The molecule has 0 aliphatic rings. The highest BCUT2D eigenvalue weighted by atomic mass is 16.5. The smallest absolute Gasteiger partial charge is 0.142 e. The van der Waals surface area contributed by atoms with E-state index in [0.717, 1.165) is 28.4 Å². The monoisotopic (exact) mass is 260 g/mol. The highest BCUT2D eigenvalue weighted by molar-refractivity contribution is 5.40. The van der Waals surface area contributed by atoms with Crippen LogP contribution in [0.15, 0.2) is 18.3 Å². The third-order valence-corrected chi connectivity index (χ3v) is 3.44. The molecule has 0 aliphatic carbocycles. The van der Waals surface area contributed by atoms with E-state index in [4.69, 9.17) is 4.74 Å². The second-order valence-electron chi connectivity index (χ2n) is 4.52. The van der Waals surface area contributed by atoms with Crippen LogP contribution in [0.4, 0.5) is 0 Å². The van der Waals surface area contributed by atoms with Gasteiger partial charge in [0.2, 0.25) is 0 Å². The average Bonchev–Trinajstić information content (AvgIpc) is 2.67. The first-order chi connectivity index (χ1) is 9.10. The predicted octanol–water partition coefficient (Wildman–Crippen LogP) is 1.75. The number of nitrogens with one attached hydrogen (secondary N) is 1. The van der Waals surface area contributed by atoms with E-state index in [2.05, 4.69) is 22.3 Å². The number of aromatic nitrogens is 3. The van der Waals surface area contributed by atoms with Crippen molar-refractivity contribution in [2.75, 3.05) is 14.2 Å². The maximum atomic E-state index is 5.41. The highest BCUT2D eigenvalue weighted by Gasteiger charge is 2.24. The van der Waals surface area contributed by atoms with Crippen LogP contribution < -0.4 is 10.1 Å². The topological polar surface area (TPSA) is 52.0 Å². The van der Waals surface area contributed by atoms with Gasteiger partial charge in [-0.2, -0.15) is 5.10 Å². The third-order valence-electron chi connectivity index (χ3n) is 3.44. The number of aryl methyl sites for hydroxylation is 2. The zero-order valence-corrected chi connectivity index (χ0v) is 12.1. The Morgan fingerprint density at radius 3 is 2.63 bits per heavy atom. The van der Waals surface area contributed by atoms with Crippen molar-refractivity contribution < 1.29 is 4.74 Å². The zero-order valence-electron chi connectivity index (χ0n) is 12.1. The van der Waals surface area contributed by atoms with Crippen LogP contribution in [0, 0.1) is 13.8 Å². The molecule has 5 heteroatoms. The van der Waals surface area contributed by atoms with Gasteiger partial charge in [0.05, 0.1) is 18.8 Å². The molecule has 1 atom stereocenters. The van der Waals surface area contributed by atoms with Gasteiger partial charge in [-0.3, -0.25) is 9.67 Å². The van der Waals surface area contributed by atoms with E-state index in [0.29, 0.717) is 0 Å². The van der Waals surface area contributed by atoms with Crippen LogP contribution >= 0.6 is 0 Å². The summed E-state index contributed by atoms with van der Waals surface area (Å²) in [5, 5.41) is 7.78. The zero-order chi connectivity index (χ0) is 14.0. The van der Waals surface area contributed by atoms with Crippen molar-refractivity contribution >= 4 is 0 Å². The minimum atomic E-state index is -0.0233. The van der Waals surface area contributed by atoms with Gasteiger partial charge >= 0.3 is 0 Å². The van der Waals surface area contributed by atoms with Gasteiger partial charge in [-0.15, -0.1) is 0 Å². The predicted molar refractivity (Wildman–Crippen MR) is 74.4 cm³/mol. The average molecular weight is 260 g/mol. The van der Waals surface area contributed by atoms with Crippen LogP contribution in [-0.2, 0) is 7.05 Å². The Hall–Kier alpha value is -1.88. The van der Waals surface area contributed by atoms with Gasteiger partial charge in [0.1, 0.15) is 11.4 Å². The molecular formula is C14H20N4O. The first-order valence-corrected chi connectivity index (χ1v) is 6.26. The Morgan fingerprint density at radius 1 is 1.37 bits per heavy atom. The van der Waals surface area contributed by atoms with Crippen molar-refractivity contribution in [3.8, 4) is 5.75 Å². The lowest BCUT2D eigenvalue weighted by Crippen LogP contribution is -2.21. The number of hydrogen-bond donors (Lipinski definition) is 1. The molecule has 0 amide bonds. The molecule has 0 bridgehead atoms. The van der Waals surface area contributed by atoms with E-state index in [1.54, 1.807) is 13.3 Å². The molecule has 5 nitrogen and oxygen atoms in total. The summed E-state index contributed by atoms with van der Waals surface area (Å²) in [4.78, 5) is 4.46. The first kappa shape index (κ1) is 13.5. The molecule has 0 aliphatic heterocycles. The van der Waals surface area contributed by atoms with Gasteiger partial charge < -0.3 is 10.1 Å². The molecule has 1 N–H and O–H groups in total. The van der Waals surface area contributed by atoms with Gasteiger partial charge in [0, 0.05) is 24.5 Å². The number of methoxy groups -OCH3 is 1. The summed E-state index contributed by atoms with van der Waals surface area (Å²) in [5.41, 5.74) is 4.17. The summed E-state index contributed by atoms with van der Waals surface area (Å²) in [6, 6.07) is 3.77. The lowest BCUT2D eigenvalue weighted by Gasteiger charge is -2.19. The largest absolute Gasteiger partial charge is 0.495 e. The molecule has 2 heterocycles. The molecule has 102 valence electrons. The van der Waals surface area contributed by atoms with Gasteiger partial charge in [-0.05, 0) is 33.0 Å². The normalized spacial score (nSPS) is 12.5.